The van der Waals surface area contributed by atoms with Gasteiger partial charge < -0.3 is 0 Å². The van der Waals surface area contributed by atoms with Crippen LogP contribution in [-0.4, -0.2) is 5.78 Å². The molecular formula is C44H36OS2. The molecule has 230 valence electrons. The molecule has 0 saturated carbocycles. The Labute approximate surface area is 287 Å². The number of hydrogen-bond donors (Lipinski definition) is 1. The molecule has 0 spiro atoms. The zero-order chi connectivity index (χ0) is 32.7. The van der Waals surface area contributed by atoms with Crippen LogP contribution < -0.4 is 0 Å². The van der Waals surface area contributed by atoms with Gasteiger partial charge in [-0.1, -0.05) is 130 Å². The zero-order valence-corrected chi connectivity index (χ0v) is 29.0. The molecule has 0 aromatic heterocycles. The molecule has 0 amide bonds. The minimum Gasteiger partial charge on any atom is -0.295 e. The summed E-state index contributed by atoms with van der Waals surface area (Å²) in [5.41, 5.74) is 15.7. The first-order valence-corrected chi connectivity index (χ1v) is 17.5. The monoisotopic (exact) mass is 644 g/mol. The first kappa shape index (κ1) is 30.1. The second-order valence-electron chi connectivity index (χ2n) is 13.8. The first-order chi connectivity index (χ1) is 22.6. The third kappa shape index (κ3) is 4.58. The summed E-state index contributed by atoms with van der Waals surface area (Å²) in [5.74, 6) is 0.103. The second kappa shape index (κ2) is 10.9. The molecule has 0 fully saturated rings. The Kier molecular flexibility index (Phi) is 6.95. The van der Waals surface area contributed by atoms with Crippen molar-refractivity contribution in [3.05, 3.63) is 149 Å². The standard InChI is InChI=1S/C44H36OS2/c1-26(45)28-21-24-32-34-14-10-18-39(42(34)44(4,5)37(32)25-28)47-29-22-19-27(20-23-29)30-12-9-17-38(46)40(30)35-15-8-13-33-31-11-6-7-16-36(31)43(2,3)41(33)35/h6-25,46H,1-5H3. The maximum Gasteiger partial charge on any atom is 0.159 e. The Hall–Kier alpha value is -4.31. The van der Waals surface area contributed by atoms with Gasteiger partial charge in [0.2, 0.25) is 0 Å². The molecule has 0 heterocycles. The predicted octanol–water partition coefficient (Wildman–Crippen LogP) is 12.3. The Balaban J connectivity index is 1.17. The minimum atomic E-state index is -0.203. The molecule has 0 radical (unpaired) electrons. The Bertz CT molecular complexity index is 2260. The fraction of sp³-hybridized carbons (Fsp3) is 0.159. The molecule has 0 N–H and O–H groups in total. The Morgan fingerprint density at radius 1 is 0.574 bits per heavy atom. The average Bonchev–Trinajstić information content (AvgIpc) is 3.45. The van der Waals surface area contributed by atoms with Crippen LogP contribution in [-0.2, 0) is 10.8 Å². The number of rotatable bonds is 5. The number of fused-ring (bicyclic) bond motifs is 6. The summed E-state index contributed by atoms with van der Waals surface area (Å²) >= 11 is 6.86. The van der Waals surface area contributed by atoms with E-state index in [1.165, 1.54) is 76.6 Å². The summed E-state index contributed by atoms with van der Waals surface area (Å²) in [5, 5.41) is 0. The maximum atomic E-state index is 12.2. The van der Waals surface area contributed by atoms with E-state index in [2.05, 4.69) is 143 Å². The highest BCUT2D eigenvalue weighted by molar-refractivity contribution is 7.99. The highest BCUT2D eigenvalue weighted by Gasteiger charge is 2.39. The second-order valence-corrected chi connectivity index (χ2v) is 15.4. The number of benzene rings is 6. The van der Waals surface area contributed by atoms with Gasteiger partial charge in [-0.15, -0.1) is 12.6 Å². The van der Waals surface area contributed by atoms with Gasteiger partial charge in [0, 0.05) is 36.6 Å². The van der Waals surface area contributed by atoms with Crippen LogP contribution in [0, 0.1) is 0 Å². The van der Waals surface area contributed by atoms with E-state index in [1.54, 1.807) is 6.92 Å². The number of hydrogen-bond acceptors (Lipinski definition) is 3. The van der Waals surface area contributed by atoms with Crippen molar-refractivity contribution in [2.45, 2.75) is 60.1 Å². The van der Waals surface area contributed by atoms with Gasteiger partial charge >= 0.3 is 0 Å². The van der Waals surface area contributed by atoms with E-state index in [0.29, 0.717) is 0 Å². The topological polar surface area (TPSA) is 17.1 Å². The van der Waals surface area contributed by atoms with Crippen LogP contribution in [0.1, 0.15) is 67.2 Å². The van der Waals surface area contributed by atoms with Gasteiger partial charge in [0.25, 0.3) is 0 Å². The molecule has 1 nitrogen and oxygen atoms in total. The molecule has 2 aliphatic rings. The van der Waals surface area contributed by atoms with E-state index in [-0.39, 0.29) is 16.6 Å². The SMILES string of the molecule is CC(=O)c1ccc2c(c1)C(C)(C)c1c(Sc3ccc(-c4cccc(S)c4-c4cccc5c4C(C)(C)c4ccccc4-5)cc3)cccc1-2. The molecule has 6 aromatic carbocycles. The van der Waals surface area contributed by atoms with Crippen molar-refractivity contribution in [3.8, 4) is 44.5 Å². The van der Waals surface area contributed by atoms with E-state index in [1.807, 2.05) is 17.8 Å². The molecule has 2 aliphatic carbocycles. The van der Waals surface area contributed by atoms with Crippen molar-refractivity contribution in [2.24, 2.45) is 0 Å². The molecule has 0 aliphatic heterocycles. The summed E-state index contributed by atoms with van der Waals surface area (Å²) in [6.45, 7) is 10.9. The lowest BCUT2D eigenvalue weighted by Gasteiger charge is -2.26. The molecule has 3 heteroatoms. The lowest BCUT2D eigenvalue weighted by molar-refractivity contribution is 0.101. The van der Waals surface area contributed by atoms with Crippen LogP contribution in [0.3, 0.4) is 0 Å². The first-order valence-electron chi connectivity index (χ1n) is 16.2. The normalized spacial score (nSPS) is 14.7. The highest BCUT2D eigenvalue weighted by atomic mass is 32.2. The lowest BCUT2D eigenvalue weighted by Crippen LogP contribution is -2.16. The van der Waals surface area contributed by atoms with Crippen LogP contribution in [0.4, 0.5) is 0 Å². The summed E-state index contributed by atoms with van der Waals surface area (Å²) in [6.07, 6.45) is 0. The fourth-order valence-electron chi connectivity index (χ4n) is 8.08. The molecule has 47 heavy (non-hydrogen) atoms. The van der Waals surface area contributed by atoms with Gasteiger partial charge in [-0.2, -0.15) is 0 Å². The molecule has 0 unspecified atom stereocenters. The van der Waals surface area contributed by atoms with Gasteiger partial charge in [0.05, 0.1) is 0 Å². The van der Waals surface area contributed by atoms with Crippen molar-refractivity contribution >= 4 is 30.2 Å². The summed E-state index contributed by atoms with van der Waals surface area (Å²) in [6, 6.07) is 43.7. The van der Waals surface area contributed by atoms with Gasteiger partial charge in [0.15, 0.2) is 5.78 Å². The third-order valence-corrected chi connectivity index (χ3v) is 11.8. The van der Waals surface area contributed by atoms with E-state index in [9.17, 15) is 4.79 Å². The van der Waals surface area contributed by atoms with Crippen LogP contribution in [0.5, 0.6) is 0 Å². The number of ketones is 1. The predicted molar refractivity (Wildman–Crippen MR) is 200 cm³/mol. The number of Topliss-reactive ketones (excluding diaryl/α,β-unsaturated/α-hetero) is 1. The molecule has 0 bridgehead atoms. The van der Waals surface area contributed by atoms with E-state index >= 15 is 0 Å². The van der Waals surface area contributed by atoms with E-state index in [4.69, 9.17) is 12.6 Å². The Morgan fingerprint density at radius 2 is 1.17 bits per heavy atom. The van der Waals surface area contributed by atoms with Gasteiger partial charge in [-0.05, 0) is 98.5 Å². The minimum absolute atomic E-state index is 0.103. The smallest absolute Gasteiger partial charge is 0.159 e. The van der Waals surface area contributed by atoms with Crippen LogP contribution >= 0.6 is 24.4 Å². The molecule has 0 atom stereocenters. The fourth-order valence-corrected chi connectivity index (χ4v) is 9.55. The zero-order valence-electron chi connectivity index (χ0n) is 27.3. The van der Waals surface area contributed by atoms with Gasteiger partial charge in [0.1, 0.15) is 0 Å². The largest absolute Gasteiger partial charge is 0.295 e. The average molecular weight is 645 g/mol. The summed E-state index contributed by atoms with van der Waals surface area (Å²) < 4.78 is 0. The maximum absolute atomic E-state index is 12.2. The van der Waals surface area contributed by atoms with Gasteiger partial charge in [-0.3, -0.25) is 4.79 Å². The summed E-state index contributed by atoms with van der Waals surface area (Å²) in [4.78, 5) is 15.6. The number of carbonyl (C=O) groups excluding carboxylic acids is 1. The van der Waals surface area contributed by atoms with Crippen molar-refractivity contribution in [3.63, 3.8) is 0 Å². The lowest BCUT2D eigenvalue weighted by atomic mass is 9.78. The van der Waals surface area contributed by atoms with Crippen molar-refractivity contribution in [1.29, 1.82) is 0 Å². The molecular weight excluding hydrogens is 609 g/mol. The summed E-state index contributed by atoms with van der Waals surface area (Å²) in [7, 11) is 0. The van der Waals surface area contributed by atoms with Crippen molar-refractivity contribution < 1.29 is 4.79 Å². The van der Waals surface area contributed by atoms with Crippen molar-refractivity contribution in [1.82, 2.24) is 0 Å². The quantitative estimate of drug-likeness (QED) is 0.149. The molecule has 0 saturated heterocycles. The molecule has 8 rings (SSSR count). The molecule has 6 aromatic rings. The van der Waals surface area contributed by atoms with Gasteiger partial charge in [-0.25, -0.2) is 0 Å². The Morgan fingerprint density at radius 3 is 1.94 bits per heavy atom. The van der Waals surface area contributed by atoms with E-state index in [0.717, 1.165) is 10.5 Å². The van der Waals surface area contributed by atoms with Crippen LogP contribution in [0.2, 0.25) is 0 Å². The highest BCUT2D eigenvalue weighted by Crippen LogP contribution is 2.55. The third-order valence-electron chi connectivity index (χ3n) is 10.3. The van der Waals surface area contributed by atoms with Crippen LogP contribution in [0.25, 0.3) is 44.5 Å². The number of thiol groups is 1. The number of carbonyl (C=O) groups is 1. The van der Waals surface area contributed by atoms with E-state index < -0.39 is 0 Å². The van der Waals surface area contributed by atoms with Crippen LogP contribution in [0.15, 0.2) is 136 Å². The van der Waals surface area contributed by atoms with Crippen molar-refractivity contribution in [2.75, 3.05) is 0 Å².